The molecule has 3 aromatic carbocycles. The van der Waals surface area contributed by atoms with Gasteiger partial charge in [-0.2, -0.15) is 0 Å². The number of ether oxygens (including phenoxy) is 1. The second-order valence-corrected chi connectivity index (χ2v) is 9.62. The van der Waals surface area contributed by atoms with E-state index in [0.717, 1.165) is 32.7 Å². The van der Waals surface area contributed by atoms with Crippen LogP contribution in [-0.4, -0.2) is 26.3 Å². The summed E-state index contributed by atoms with van der Waals surface area (Å²) in [4.78, 5) is 2.45. The summed E-state index contributed by atoms with van der Waals surface area (Å²) in [6, 6.07) is 20.9. The van der Waals surface area contributed by atoms with Crippen LogP contribution in [0, 0.1) is 23.3 Å². The van der Waals surface area contributed by atoms with Crippen LogP contribution in [0.25, 0.3) is 11.6 Å². The van der Waals surface area contributed by atoms with Gasteiger partial charge in [-0.25, -0.2) is 0 Å². The quantitative estimate of drug-likeness (QED) is 0.614. The smallest absolute Gasteiger partial charge is 0.0642 e. The average molecular weight is 422 g/mol. The normalized spacial score (nSPS) is 19.6. The molecule has 0 bridgehead atoms. The van der Waals surface area contributed by atoms with Crippen LogP contribution >= 0.6 is 0 Å². The van der Waals surface area contributed by atoms with Crippen LogP contribution in [0.15, 0.2) is 54.6 Å². The lowest BCUT2D eigenvalue weighted by Crippen LogP contribution is -2.36. The fraction of sp³-hybridized carbons (Fsp3) is 0.333. The van der Waals surface area contributed by atoms with Gasteiger partial charge < -0.3 is 9.64 Å². The number of aryl methyl sites for hydroxylation is 1. The van der Waals surface area contributed by atoms with Crippen molar-refractivity contribution in [3.63, 3.8) is 0 Å². The zero-order valence-electron chi connectivity index (χ0n) is 19.2. The molecule has 162 valence electrons. The predicted octanol–water partition coefficient (Wildman–Crippen LogP) is 4.24. The molecular formula is C30H31NO. The molecule has 6 rings (SSSR count). The minimum Gasteiger partial charge on any atom is -0.378 e. The van der Waals surface area contributed by atoms with Gasteiger partial charge in [-0.1, -0.05) is 61.0 Å². The molecule has 32 heavy (non-hydrogen) atoms. The number of benzene rings is 3. The summed E-state index contributed by atoms with van der Waals surface area (Å²) in [5, 5.41) is 5.69. The predicted molar refractivity (Wildman–Crippen MR) is 132 cm³/mol. The van der Waals surface area contributed by atoms with Crippen molar-refractivity contribution in [1.82, 2.24) is 0 Å². The molecule has 0 aromatic heterocycles. The fourth-order valence-corrected chi connectivity index (χ4v) is 5.85. The summed E-state index contributed by atoms with van der Waals surface area (Å²) < 4.78 is 5.54. The van der Waals surface area contributed by atoms with E-state index >= 15 is 0 Å². The first-order chi connectivity index (χ1) is 15.7. The maximum absolute atomic E-state index is 5.54. The van der Waals surface area contributed by atoms with Crippen LogP contribution < -0.4 is 15.3 Å². The highest BCUT2D eigenvalue weighted by molar-refractivity contribution is 5.70. The largest absolute Gasteiger partial charge is 0.378 e. The second-order valence-electron chi connectivity index (χ2n) is 9.62. The molecule has 0 amide bonds. The van der Waals surface area contributed by atoms with Crippen molar-refractivity contribution in [1.29, 1.82) is 0 Å². The van der Waals surface area contributed by atoms with Crippen molar-refractivity contribution < 1.29 is 4.74 Å². The Labute approximate surface area is 190 Å². The van der Waals surface area contributed by atoms with Gasteiger partial charge in [0.1, 0.15) is 0 Å². The number of rotatable bonds is 2. The highest BCUT2D eigenvalue weighted by atomic mass is 16.5. The van der Waals surface area contributed by atoms with E-state index in [-0.39, 0.29) is 0 Å². The van der Waals surface area contributed by atoms with Gasteiger partial charge in [0.25, 0.3) is 0 Å². The van der Waals surface area contributed by atoms with E-state index in [1.54, 1.807) is 11.1 Å². The van der Waals surface area contributed by atoms with Gasteiger partial charge in [0, 0.05) is 18.8 Å². The zero-order chi connectivity index (χ0) is 21.7. The highest BCUT2D eigenvalue weighted by Crippen LogP contribution is 2.30. The number of fused-ring (bicyclic) bond motifs is 4. The zero-order valence-corrected chi connectivity index (χ0v) is 19.2. The summed E-state index contributed by atoms with van der Waals surface area (Å²) in [5.74, 6) is 0.596. The van der Waals surface area contributed by atoms with Gasteiger partial charge >= 0.3 is 0 Å². The number of nitrogens with zero attached hydrogens (tertiary/aromatic N) is 1. The third kappa shape index (κ3) is 3.29. The standard InChI is InChI=1S/C30H31NO/c1-20-3-6-22(7-4-20)30-21(2)5-10-28-27-11-8-23-19-24(31-15-17-32-18-16-31)9-12-25(23)26(27)13-14-29(28)30/h3-4,6-9,12-14,19,21H,5,10-11,15-18H2,1-2H3. The molecule has 1 saturated heterocycles. The van der Waals surface area contributed by atoms with E-state index in [2.05, 4.69) is 79.4 Å². The molecule has 0 N–H and O–H groups in total. The molecule has 1 aliphatic heterocycles. The van der Waals surface area contributed by atoms with Crippen LogP contribution in [-0.2, 0) is 17.6 Å². The van der Waals surface area contributed by atoms with Gasteiger partial charge in [-0.05, 0) is 87.4 Å². The molecule has 1 heterocycles. The van der Waals surface area contributed by atoms with Gasteiger partial charge in [0.2, 0.25) is 0 Å². The number of hydrogen-bond donors (Lipinski definition) is 0. The van der Waals surface area contributed by atoms with Crippen LogP contribution in [0.3, 0.4) is 0 Å². The molecule has 2 heteroatoms. The Hall–Kier alpha value is -2.84. The number of anilines is 1. The SMILES string of the molecule is Cc1ccc(C2=c3ccc4c(c3CCC2C)CC=c2cc(N3CCOCC3)ccc2=4)cc1. The van der Waals surface area contributed by atoms with Gasteiger partial charge in [0.05, 0.1) is 13.2 Å². The Balaban J connectivity index is 1.55. The first kappa shape index (κ1) is 19.8. The molecule has 3 aliphatic rings. The van der Waals surface area contributed by atoms with Crippen molar-refractivity contribution >= 4 is 17.3 Å². The minimum absolute atomic E-state index is 0.596. The molecule has 0 radical (unpaired) electrons. The monoisotopic (exact) mass is 421 g/mol. The van der Waals surface area contributed by atoms with Crippen molar-refractivity contribution in [2.45, 2.75) is 33.1 Å². The van der Waals surface area contributed by atoms with E-state index < -0.39 is 0 Å². The Bertz CT molecular complexity index is 1390. The summed E-state index contributed by atoms with van der Waals surface area (Å²) in [6.07, 6.45) is 5.90. The van der Waals surface area contributed by atoms with E-state index in [0.29, 0.717) is 5.92 Å². The van der Waals surface area contributed by atoms with E-state index in [9.17, 15) is 0 Å². The molecule has 0 spiro atoms. The van der Waals surface area contributed by atoms with Crippen molar-refractivity contribution in [3.05, 3.63) is 97.7 Å². The van der Waals surface area contributed by atoms with Crippen molar-refractivity contribution in [2.24, 2.45) is 5.92 Å². The van der Waals surface area contributed by atoms with Crippen LogP contribution in [0.4, 0.5) is 5.69 Å². The Morgan fingerprint density at radius 1 is 0.844 bits per heavy atom. The summed E-state index contributed by atoms with van der Waals surface area (Å²) in [7, 11) is 0. The molecule has 1 atom stereocenters. The highest BCUT2D eigenvalue weighted by Gasteiger charge is 2.22. The molecule has 3 aromatic rings. The first-order valence-corrected chi connectivity index (χ1v) is 12.1. The molecular weight excluding hydrogens is 390 g/mol. The molecule has 1 fully saturated rings. The van der Waals surface area contributed by atoms with E-state index in [1.807, 2.05) is 0 Å². The Morgan fingerprint density at radius 3 is 2.41 bits per heavy atom. The van der Waals surface area contributed by atoms with Crippen LogP contribution in [0.2, 0.25) is 0 Å². The molecule has 2 nitrogen and oxygen atoms in total. The summed E-state index contributed by atoms with van der Waals surface area (Å²) >= 11 is 0. The summed E-state index contributed by atoms with van der Waals surface area (Å²) in [5.41, 5.74) is 8.70. The molecule has 0 saturated carbocycles. The summed E-state index contributed by atoms with van der Waals surface area (Å²) in [6.45, 7) is 8.19. The fourth-order valence-electron chi connectivity index (χ4n) is 5.85. The van der Waals surface area contributed by atoms with E-state index in [4.69, 9.17) is 4.74 Å². The third-order valence-electron chi connectivity index (χ3n) is 7.63. The Kier molecular flexibility index (Phi) is 4.91. The lowest BCUT2D eigenvalue weighted by molar-refractivity contribution is 0.122. The first-order valence-electron chi connectivity index (χ1n) is 12.1. The van der Waals surface area contributed by atoms with Gasteiger partial charge in [-0.15, -0.1) is 0 Å². The van der Waals surface area contributed by atoms with Crippen molar-refractivity contribution in [2.75, 3.05) is 31.2 Å². The second kappa shape index (κ2) is 7.94. The average Bonchev–Trinajstić information content (AvgIpc) is 2.84. The van der Waals surface area contributed by atoms with Gasteiger partial charge in [-0.3, -0.25) is 0 Å². The van der Waals surface area contributed by atoms with Crippen LogP contribution in [0.1, 0.15) is 35.6 Å². The lowest BCUT2D eigenvalue weighted by Gasteiger charge is -2.29. The maximum Gasteiger partial charge on any atom is 0.0642 e. The minimum atomic E-state index is 0.596. The van der Waals surface area contributed by atoms with Gasteiger partial charge in [0.15, 0.2) is 0 Å². The molecule has 1 unspecified atom stereocenters. The number of morpholine rings is 1. The number of hydrogen-bond acceptors (Lipinski definition) is 2. The lowest BCUT2D eigenvalue weighted by atomic mass is 9.79. The maximum atomic E-state index is 5.54. The van der Waals surface area contributed by atoms with Crippen LogP contribution in [0.5, 0.6) is 0 Å². The van der Waals surface area contributed by atoms with E-state index in [1.165, 1.54) is 56.1 Å². The van der Waals surface area contributed by atoms with Crippen molar-refractivity contribution in [3.8, 4) is 0 Å². The Morgan fingerprint density at radius 2 is 1.59 bits per heavy atom. The molecule has 2 aliphatic carbocycles. The topological polar surface area (TPSA) is 12.5 Å². The third-order valence-corrected chi connectivity index (χ3v) is 7.63.